The average Bonchev–Trinajstić information content (AvgIpc) is 2.91. The highest BCUT2D eigenvalue weighted by Gasteiger charge is 2.47. The first-order chi connectivity index (χ1) is 12.1. The molecule has 0 bridgehead atoms. The Labute approximate surface area is 144 Å². The minimum Gasteiger partial charge on any atom is -0.466 e. The van der Waals surface area contributed by atoms with Crippen molar-refractivity contribution in [1.29, 1.82) is 0 Å². The Morgan fingerprint density at radius 1 is 1.36 bits per heavy atom. The summed E-state index contributed by atoms with van der Waals surface area (Å²) in [5, 5.41) is 16.2. The fourth-order valence-electron chi connectivity index (χ4n) is 2.78. The lowest BCUT2D eigenvalue weighted by Crippen LogP contribution is -2.47. The Balaban J connectivity index is 2.00. The zero-order chi connectivity index (χ0) is 18.2. The summed E-state index contributed by atoms with van der Waals surface area (Å²) in [6.07, 6.45) is -1.88. The van der Waals surface area contributed by atoms with Crippen LogP contribution >= 0.6 is 0 Å². The number of amides is 1. The summed E-state index contributed by atoms with van der Waals surface area (Å²) in [7, 11) is 0. The summed E-state index contributed by atoms with van der Waals surface area (Å²) in [5.74, 6) is -1.37. The molecule has 0 radical (unpaired) electrons. The van der Waals surface area contributed by atoms with Crippen LogP contribution in [0.3, 0.4) is 0 Å². The van der Waals surface area contributed by atoms with E-state index in [2.05, 4.69) is 15.3 Å². The summed E-state index contributed by atoms with van der Waals surface area (Å²) in [5.41, 5.74) is 9.37. The molecule has 4 atom stereocenters. The van der Waals surface area contributed by atoms with Crippen LogP contribution in [-0.4, -0.2) is 42.0 Å². The third-order valence-corrected chi connectivity index (χ3v) is 3.98. The molecule has 1 aromatic rings. The average molecular weight is 348 g/mol. The molecule has 0 spiro atoms. The standard InChI is InChI=1S/C16H20N4O5/c1-2-24-15(22)11-8-12(19-20-17)14(21)13(11)18-16(23)25-9-10-6-4-3-5-7-10/h3-7,11-14,21H,2,8-9H2,1H3,(H,18,23)/t11-,12+,13+,14-/m0/s1. The van der Waals surface area contributed by atoms with Gasteiger partial charge in [-0.3, -0.25) is 4.79 Å². The Bertz CT molecular complexity index is 647. The van der Waals surface area contributed by atoms with Gasteiger partial charge < -0.3 is 19.9 Å². The van der Waals surface area contributed by atoms with Gasteiger partial charge in [-0.15, -0.1) is 0 Å². The fourth-order valence-corrected chi connectivity index (χ4v) is 2.78. The normalized spacial score (nSPS) is 24.9. The summed E-state index contributed by atoms with van der Waals surface area (Å²) < 4.78 is 10.1. The lowest BCUT2D eigenvalue weighted by atomic mass is 10.0. The number of aliphatic hydroxyl groups is 1. The van der Waals surface area contributed by atoms with Gasteiger partial charge in [0.15, 0.2) is 0 Å². The first-order valence-corrected chi connectivity index (χ1v) is 7.93. The second kappa shape index (κ2) is 8.91. The number of esters is 1. The van der Waals surface area contributed by atoms with Gasteiger partial charge in [-0.05, 0) is 24.4 Å². The van der Waals surface area contributed by atoms with Crippen LogP contribution in [0.4, 0.5) is 4.79 Å². The van der Waals surface area contributed by atoms with Crippen molar-refractivity contribution in [3.05, 3.63) is 46.3 Å². The van der Waals surface area contributed by atoms with Crippen LogP contribution in [0.2, 0.25) is 0 Å². The predicted molar refractivity (Wildman–Crippen MR) is 87.2 cm³/mol. The van der Waals surface area contributed by atoms with Gasteiger partial charge >= 0.3 is 12.1 Å². The molecule has 134 valence electrons. The molecule has 0 saturated heterocycles. The van der Waals surface area contributed by atoms with E-state index >= 15 is 0 Å². The van der Waals surface area contributed by atoms with Crippen LogP contribution in [-0.2, 0) is 20.9 Å². The Morgan fingerprint density at radius 2 is 2.08 bits per heavy atom. The number of carbonyl (C=O) groups is 2. The summed E-state index contributed by atoms with van der Waals surface area (Å²) in [6, 6.07) is 7.32. The number of hydrogen-bond donors (Lipinski definition) is 2. The van der Waals surface area contributed by atoms with Crippen LogP contribution in [0.1, 0.15) is 18.9 Å². The van der Waals surface area contributed by atoms with Gasteiger partial charge in [0.2, 0.25) is 0 Å². The van der Waals surface area contributed by atoms with E-state index in [1.165, 1.54) is 0 Å². The molecule has 9 nitrogen and oxygen atoms in total. The van der Waals surface area contributed by atoms with Gasteiger partial charge in [-0.25, -0.2) is 4.79 Å². The monoisotopic (exact) mass is 348 g/mol. The maximum atomic E-state index is 12.1. The van der Waals surface area contributed by atoms with Gasteiger partial charge in [0.1, 0.15) is 6.61 Å². The minimum absolute atomic E-state index is 0.0549. The van der Waals surface area contributed by atoms with Crippen molar-refractivity contribution < 1.29 is 24.2 Å². The molecule has 1 aliphatic rings. The van der Waals surface area contributed by atoms with Crippen molar-refractivity contribution in [2.24, 2.45) is 11.0 Å². The van der Waals surface area contributed by atoms with Gasteiger partial charge in [0.25, 0.3) is 0 Å². The molecule has 25 heavy (non-hydrogen) atoms. The quantitative estimate of drug-likeness (QED) is 0.350. The summed E-state index contributed by atoms with van der Waals surface area (Å²) in [4.78, 5) is 26.7. The SMILES string of the molecule is CCOC(=O)[C@H]1C[C@@H](N=[N+]=[N-])[C@H](O)[C@@H]1NC(=O)OCc1ccccc1. The van der Waals surface area contributed by atoms with E-state index in [4.69, 9.17) is 15.0 Å². The largest absolute Gasteiger partial charge is 0.466 e. The molecule has 2 rings (SSSR count). The maximum Gasteiger partial charge on any atom is 0.407 e. The van der Waals surface area contributed by atoms with E-state index in [0.717, 1.165) is 5.56 Å². The smallest absolute Gasteiger partial charge is 0.407 e. The molecule has 0 aliphatic heterocycles. The Kier molecular flexibility index (Phi) is 6.62. The van der Waals surface area contributed by atoms with E-state index in [1.807, 2.05) is 18.2 Å². The van der Waals surface area contributed by atoms with Gasteiger partial charge in [0.05, 0.1) is 30.7 Å². The summed E-state index contributed by atoms with van der Waals surface area (Å²) in [6.45, 7) is 1.88. The van der Waals surface area contributed by atoms with Crippen LogP contribution in [0.5, 0.6) is 0 Å². The lowest BCUT2D eigenvalue weighted by molar-refractivity contribution is -0.148. The molecule has 1 aliphatic carbocycles. The number of nitrogens with one attached hydrogen (secondary N) is 1. The number of benzene rings is 1. The lowest BCUT2D eigenvalue weighted by Gasteiger charge is -2.22. The number of rotatable bonds is 6. The molecular formula is C16H20N4O5. The number of aliphatic hydroxyl groups excluding tert-OH is 1. The zero-order valence-electron chi connectivity index (χ0n) is 13.7. The van der Waals surface area contributed by atoms with E-state index < -0.39 is 36.2 Å². The number of nitrogens with zero attached hydrogens (tertiary/aromatic N) is 3. The molecule has 2 N–H and O–H groups in total. The van der Waals surface area contributed by atoms with Crippen LogP contribution < -0.4 is 5.32 Å². The molecule has 1 aromatic carbocycles. The molecule has 9 heteroatoms. The maximum absolute atomic E-state index is 12.1. The molecule has 1 saturated carbocycles. The van der Waals surface area contributed by atoms with Crippen molar-refractivity contribution in [3.8, 4) is 0 Å². The van der Waals surface area contributed by atoms with Crippen LogP contribution in [0.25, 0.3) is 10.4 Å². The number of azide groups is 1. The highest BCUT2D eigenvalue weighted by atomic mass is 16.5. The molecule has 0 heterocycles. The van der Waals surface area contributed by atoms with Crippen molar-refractivity contribution in [2.75, 3.05) is 6.61 Å². The third-order valence-electron chi connectivity index (χ3n) is 3.98. The van der Waals surface area contributed by atoms with Crippen molar-refractivity contribution in [3.63, 3.8) is 0 Å². The highest BCUT2D eigenvalue weighted by Crippen LogP contribution is 2.30. The summed E-state index contributed by atoms with van der Waals surface area (Å²) >= 11 is 0. The van der Waals surface area contributed by atoms with Gasteiger partial charge in [0, 0.05) is 4.91 Å². The highest BCUT2D eigenvalue weighted by molar-refractivity contribution is 5.76. The molecule has 0 unspecified atom stereocenters. The molecule has 1 amide bonds. The third kappa shape index (κ3) is 4.85. The first kappa shape index (κ1) is 18.6. The van der Waals surface area contributed by atoms with E-state index in [1.54, 1.807) is 19.1 Å². The van der Waals surface area contributed by atoms with Gasteiger partial charge in [-0.1, -0.05) is 35.4 Å². The second-order valence-electron chi connectivity index (χ2n) is 5.59. The number of carbonyl (C=O) groups excluding carboxylic acids is 2. The van der Waals surface area contributed by atoms with E-state index in [9.17, 15) is 14.7 Å². The molecule has 1 fully saturated rings. The number of hydrogen-bond acceptors (Lipinski definition) is 6. The first-order valence-electron chi connectivity index (χ1n) is 7.93. The second-order valence-corrected chi connectivity index (χ2v) is 5.59. The fraction of sp³-hybridized carbons (Fsp3) is 0.500. The number of alkyl carbamates (subject to hydrolysis) is 1. The molecule has 0 aromatic heterocycles. The Hall–Kier alpha value is -2.77. The van der Waals surface area contributed by atoms with Crippen molar-refractivity contribution in [2.45, 2.75) is 38.1 Å². The van der Waals surface area contributed by atoms with E-state index in [-0.39, 0.29) is 19.6 Å². The van der Waals surface area contributed by atoms with Gasteiger partial charge in [-0.2, -0.15) is 0 Å². The Morgan fingerprint density at radius 3 is 2.72 bits per heavy atom. The van der Waals surface area contributed by atoms with Crippen LogP contribution in [0.15, 0.2) is 35.4 Å². The number of ether oxygens (including phenoxy) is 2. The predicted octanol–water partition coefficient (Wildman–Crippen LogP) is 1.90. The van der Waals surface area contributed by atoms with E-state index in [0.29, 0.717) is 0 Å². The molecular weight excluding hydrogens is 328 g/mol. The van der Waals surface area contributed by atoms with Crippen molar-refractivity contribution >= 4 is 12.1 Å². The van der Waals surface area contributed by atoms with Crippen molar-refractivity contribution in [1.82, 2.24) is 5.32 Å². The van der Waals surface area contributed by atoms with Crippen LogP contribution in [0, 0.1) is 5.92 Å². The zero-order valence-corrected chi connectivity index (χ0v) is 13.7. The topological polar surface area (TPSA) is 134 Å². The minimum atomic E-state index is -1.20.